The summed E-state index contributed by atoms with van der Waals surface area (Å²) in [5.74, 6) is -3.07. The average Bonchev–Trinajstić information content (AvgIpc) is 2.12. The third-order valence-electron chi connectivity index (χ3n) is 1.91. The van der Waals surface area contributed by atoms with Crippen molar-refractivity contribution in [1.82, 2.24) is 0 Å². The molecule has 1 aliphatic heterocycles. The maximum atomic E-state index is 13.1. The van der Waals surface area contributed by atoms with Gasteiger partial charge >= 0.3 is 0 Å². The highest BCUT2D eigenvalue weighted by atomic mass is 19.2. The van der Waals surface area contributed by atoms with Gasteiger partial charge in [0.1, 0.15) is 24.9 Å². The zero-order valence-corrected chi connectivity index (χ0v) is 6.47. The fourth-order valence-corrected chi connectivity index (χ4v) is 1.05. The van der Waals surface area contributed by atoms with Crippen molar-refractivity contribution in [3.8, 4) is 0 Å². The van der Waals surface area contributed by atoms with Crippen LogP contribution in [0.2, 0.25) is 0 Å². The fourth-order valence-electron chi connectivity index (χ4n) is 1.05. The highest BCUT2D eigenvalue weighted by Crippen LogP contribution is 2.31. The number of hydrogen-bond acceptors (Lipinski definition) is 5. The third-order valence-corrected chi connectivity index (χ3v) is 1.91. The van der Waals surface area contributed by atoms with Gasteiger partial charge in [-0.3, -0.25) is 0 Å². The standard InChI is InChI=1S/C6H10F2O5/c7-5-3(11)2(10)4(12)6(8,1-9)13-5/h2-5,9-12H,1H2/t2-,3+,4+,5?,6+/m1/s1. The Balaban J connectivity index is 2.82. The van der Waals surface area contributed by atoms with Crippen molar-refractivity contribution in [2.75, 3.05) is 6.61 Å². The molecular formula is C6H10F2O5. The smallest absolute Gasteiger partial charge is 0.263 e. The highest BCUT2D eigenvalue weighted by Gasteiger charge is 2.54. The predicted octanol–water partition coefficient (Wildman–Crippen LogP) is -1.95. The lowest BCUT2D eigenvalue weighted by Gasteiger charge is -2.40. The minimum absolute atomic E-state index is 1.31. The first-order valence-corrected chi connectivity index (χ1v) is 3.58. The lowest BCUT2D eigenvalue weighted by Crippen LogP contribution is -2.62. The van der Waals surface area contributed by atoms with Crippen molar-refractivity contribution >= 4 is 0 Å². The van der Waals surface area contributed by atoms with E-state index in [9.17, 15) is 8.78 Å². The van der Waals surface area contributed by atoms with Crippen LogP contribution in [0.3, 0.4) is 0 Å². The molecular weight excluding hydrogens is 190 g/mol. The molecule has 1 rings (SSSR count). The number of aliphatic hydroxyl groups is 4. The Morgan fingerprint density at radius 2 is 1.77 bits per heavy atom. The van der Waals surface area contributed by atoms with Crippen molar-refractivity contribution < 1.29 is 33.9 Å². The van der Waals surface area contributed by atoms with Gasteiger partial charge in [-0.05, 0) is 0 Å². The van der Waals surface area contributed by atoms with Crippen LogP contribution in [0.25, 0.3) is 0 Å². The van der Waals surface area contributed by atoms with Crippen molar-refractivity contribution in [1.29, 1.82) is 0 Å². The first-order valence-electron chi connectivity index (χ1n) is 3.58. The largest absolute Gasteiger partial charge is 0.390 e. The van der Waals surface area contributed by atoms with Crippen LogP contribution < -0.4 is 0 Å². The molecule has 5 nitrogen and oxygen atoms in total. The van der Waals surface area contributed by atoms with E-state index in [4.69, 9.17) is 20.4 Å². The molecule has 1 saturated heterocycles. The van der Waals surface area contributed by atoms with Gasteiger partial charge in [0.15, 0.2) is 0 Å². The lowest BCUT2D eigenvalue weighted by atomic mass is 9.98. The van der Waals surface area contributed by atoms with E-state index in [-0.39, 0.29) is 0 Å². The van der Waals surface area contributed by atoms with Crippen molar-refractivity contribution in [2.24, 2.45) is 0 Å². The van der Waals surface area contributed by atoms with Crippen LogP contribution in [-0.2, 0) is 4.74 Å². The van der Waals surface area contributed by atoms with Crippen LogP contribution in [0.1, 0.15) is 0 Å². The summed E-state index contributed by atoms with van der Waals surface area (Å²) in [5, 5.41) is 35.1. The maximum absolute atomic E-state index is 13.1. The molecule has 0 spiro atoms. The minimum Gasteiger partial charge on any atom is -0.390 e. The summed E-state index contributed by atoms with van der Waals surface area (Å²) in [6.45, 7) is -1.31. The summed E-state index contributed by atoms with van der Waals surface area (Å²) < 4.78 is 29.6. The summed E-state index contributed by atoms with van der Waals surface area (Å²) in [4.78, 5) is 0. The molecule has 4 N–H and O–H groups in total. The average molecular weight is 200 g/mol. The summed E-state index contributed by atoms with van der Waals surface area (Å²) in [6.07, 6.45) is -8.71. The minimum atomic E-state index is -3.07. The van der Waals surface area contributed by atoms with Crippen molar-refractivity contribution in [3.05, 3.63) is 0 Å². The first kappa shape index (κ1) is 10.7. The monoisotopic (exact) mass is 200 g/mol. The Morgan fingerprint density at radius 1 is 1.23 bits per heavy atom. The SMILES string of the molecule is OC[C@]1(F)OC(F)[C@@H](O)[C@@H](O)[C@@H]1O. The molecule has 7 heteroatoms. The fraction of sp³-hybridized carbons (Fsp3) is 1.00. The number of rotatable bonds is 1. The van der Waals surface area contributed by atoms with E-state index in [1.54, 1.807) is 0 Å². The predicted molar refractivity (Wildman–Crippen MR) is 34.9 cm³/mol. The molecule has 0 aliphatic carbocycles. The van der Waals surface area contributed by atoms with E-state index in [0.717, 1.165) is 0 Å². The Morgan fingerprint density at radius 3 is 2.23 bits per heavy atom. The topological polar surface area (TPSA) is 90.2 Å². The highest BCUT2D eigenvalue weighted by molar-refractivity contribution is 4.93. The molecule has 78 valence electrons. The molecule has 1 fully saturated rings. The molecule has 0 aromatic carbocycles. The van der Waals surface area contributed by atoms with Crippen molar-refractivity contribution in [2.45, 2.75) is 30.5 Å². The number of aliphatic hydroxyl groups excluding tert-OH is 4. The molecule has 13 heavy (non-hydrogen) atoms. The van der Waals surface area contributed by atoms with Crippen LogP contribution >= 0.6 is 0 Å². The van der Waals surface area contributed by atoms with E-state index in [2.05, 4.69) is 4.74 Å². The Hall–Kier alpha value is -0.340. The quantitative estimate of drug-likeness (QED) is 0.395. The Kier molecular flexibility index (Phi) is 2.83. The van der Waals surface area contributed by atoms with E-state index in [1.807, 2.05) is 0 Å². The van der Waals surface area contributed by atoms with E-state index < -0.39 is 37.1 Å². The summed E-state index contributed by atoms with van der Waals surface area (Å²) in [6, 6.07) is 0. The molecule has 0 amide bonds. The first-order chi connectivity index (χ1) is 5.92. The molecule has 0 radical (unpaired) electrons. The molecule has 0 aromatic rings. The summed E-state index contributed by atoms with van der Waals surface area (Å²) in [5.41, 5.74) is 0. The molecule has 0 aromatic heterocycles. The third kappa shape index (κ3) is 1.65. The van der Waals surface area contributed by atoms with Crippen LogP contribution in [0, 0.1) is 0 Å². The molecule has 1 unspecified atom stereocenters. The number of halogens is 2. The molecule has 1 heterocycles. The maximum Gasteiger partial charge on any atom is 0.263 e. The van der Waals surface area contributed by atoms with Gasteiger partial charge in [0, 0.05) is 0 Å². The van der Waals surface area contributed by atoms with Gasteiger partial charge in [-0.1, -0.05) is 0 Å². The number of alkyl halides is 2. The second kappa shape index (κ2) is 3.43. The zero-order chi connectivity index (χ0) is 10.2. The van der Waals surface area contributed by atoms with Gasteiger partial charge in [-0.15, -0.1) is 0 Å². The van der Waals surface area contributed by atoms with Crippen LogP contribution in [-0.4, -0.2) is 57.6 Å². The van der Waals surface area contributed by atoms with E-state index >= 15 is 0 Å². The Bertz CT molecular complexity index is 192. The van der Waals surface area contributed by atoms with Crippen LogP contribution in [0.15, 0.2) is 0 Å². The van der Waals surface area contributed by atoms with Crippen LogP contribution in [0.5, 0.6) is 0 Å². The van der Waals surface area contributed by atoms with Gasteiger partial charge in [0.2, 0.25) is 6.36 Å². The second-order valence-electron chi connectivity index (χ2n) is 2.84. The molecule has 0 saturated carbocycles. The second-order valence-corrected chi connectivity index (χ2v) is 2.84. The van der Waals surface area contributed by atoms with E-state index in [1.165, 1.54) is 0 Å². The number of ether oxygens (including phenoxy) is 1. The van der Waals surface area contributed by atoms with Gasteiger partial charge in [-0.2, -0.15) is 0 Å². The van der Waals surface area contributed by atoms with E-state index in [0.29, 0.717) is 0 Å². The van der Waals surface area contributed by atoms with Gasteiger partial charge in [-0.25, -0.2) is 8.78 Å². The van der Waals surface area contributed by atoms with Gasteiger partial charge in [0.25, 0.3) is 5.85 Å². The molecule has 0 bridgehead atoms. The molecule has 5 atom stereocenters. The van der Waals surface area contributed by atoms with Gasteiger partial charge in [0.05, 0.1) is 0 Å². The zero-order valence-electron chi connectivity index (χ0n) is 6.47. The van der Waals surface area contributed by atoms with Crippen molar-refractivity contribution in [3.63, 3.8) is 0 Å². The molecule has 1 aliphatic rings. The normalized spacial score (nSPS) is 52.2. The van der Waals surface area contributed by atoms with Gasteiger partial charge < -0.3 is 25.2 Å². The van der Waals surface area contributed by atoms with Crippen LogP contribution in [0.4, 0.5) is 8.78 Å². The summed E-state index contributed by atoms with van der Waals surface area (Å²) >= 11 is 0. The summed E-state index contributed by atoms with van der Waals surface area (Å²) in [7, 11) is 0. The lowest BCUT2D eigenvalue weighted by molar-refractivity contribution is -0.349. The Labute approximate surface area is 72.2 Å². The number of hydrogen-bond donors (Lipinski definition) is 4.